The third kappa shape index (κ3) is 4.63. The summed E-state index contributed by atoms with van der Waals surface area (Å²) in [5, 5.41) is 4.63. The molecule has 0 aliphatic carbocycles. The molecule has 0 fully saturated rings. The lowest BCUT2D eigenvalue weighted by Crippen LogP contribution is -1.96. The first-order valence-corrected chi connectivity index (χ1v) is 18.3. The summed E-state index contributed by atoms with van der Waals surface area (Å²) in [4.78, 5) is 10.4. The van der Waals surface area contributed by atoms with Crippen molar-refractivity contribution in [1.29, 1.82) is 0 Å². The van der Waals surface area contributed by atoms with E-state index >= 15 is 0 Å². The van der Waals surface area contributed by atoms with E-state index in [2.05, 4.69) is 0 Å². The van der Waals surface area contributed by atoms with Crippen LogP contribution in [0.15, 0.2) is 188 Å². The molecule has 0 spiro atoms. The number of aromatic nitrogens is 3. The third-order valence-corrected chi connectivity index (χ3v) is 11.3. The number of thiophene rings is 1. The van der Waals surface area contributed by atoms with Crippen molar-refractivity contribution >= 4 is 75.0 Å². The predicted octanol–water partition coefficient (Wildman–Crippen LogP) is 14.4. The zero-order valence-electron chi connectivity index (χ0n) is 47.7. The van der Waals surface area contributed by atoms with E-state index in [0.717, 1.165) is 22.1 Å². The molecule has 0 unspecified atom stereocenters. The van der Waals surface area contributed by atoms with Gasteiger partial charge in [-0.2, -0.15) is 0 Å². The van der Waals surface area contributed by atoms with Crippen LogP contribution in [0, 0.1) is 0 Å². The molecule has 4 heteroatoms. The Morgan fingerprint density at radius 1 is 0.464 bits per heavy atom. The smallest absolute Gasteiger partial charge is 0.161 e. The van der Waals surface area contributed by atoms with Crippen molar-refractivity contribution in [2.24, 2.45) is 0 Å². The van der Waals surface area contributed by atoms with Crippen LogP contribution in [0.1, 0.15) is 26.0 Å². The molecule has 56 heavy (non-hydrogen) atoms. The number of hydrogen-bond acceptors (Lipinski definition) is 3. The van der Waals surface area contributed by atoms with Gasteiger partial charge in [-0.15, -0.1) is 11.3 Å². The molecular formula is C52H31N3S. The van der Waals surface area contributed by atoms with Crippen molar-refractivity contribution in [3.05, 3.63) is 188 Å². The molecule has 3 aromatic heterocycles. The molecule has 3 heterocycles. The average Bonchev–Trinajstić information content (AvgIpc) is 3.97. The van der Waals surface area contributed by atoms with Crippen LogP contribution in [0.5, 0.6) is 0 Å². The molecule has 260 valence electrons. The molecule has 0 aliphatic rings. The molecule has 12 aromatic rings. The summed E-state index contributed by atoms with van der Waals surface area (Å²) >= 11 is 1.14. The summed E-state index contributed by atoms with van der Waals surface area (Å²) in [7, 11) is 0. The quantitative estimate of drug-likeness (QED) is 0.164. The largest absolute Gasteiger partial charge is 0.309 e. The van der Waals surface area contributed by atoms with Gasteiger partial charge in [-0.05, 0) is 80.8 Å². The zero-order valence-corrected chi connectivity index (χ0v) is 29.5. The number of hydrogen-bond donors (Lipinski definition) is 0. The molecule has 0 atom stereocenters. The minimum atomic E-state index is -0.728. The first-order valence-electron chi connectivity index (χ1n) is 26.9. The summed E-state index contributed by atoms with van der Waals surface area (Å²) in [5.74, 6) is 0.0202. The van der Waals surface area contributed by atoms with Gasteiger partial charge in [-0.3, -0.25) is 0 Å². The van der Waals surface area contributed by atoms with Crippen molar-refractivity contribution in [1.82, 2.24) is 14.5 Å². The highest BCUT2D eigenvalue weighted by molar-refractivity contribution is 7.26. The Hall–Kier alpha value is -7.14. The zero-order chi connectivity index (χ0) is 53.3. The molecule has 12 rings (SSSR count). The molecule has 0 saturated carbocycles. The van der Waals surface area contributed by atoms with Gasteiger partial charge in [-0.1, -0.05) is 145 Å². The average molecular weight is 749 g/mol. The SMILES string of the molecule is [2H]c1c([2H])c([2H])c(-c2ccc3sc4c(-c5c([2H])c([2H])c(-c6c([2H])c([2H])c([2H])c([2H])c6[2H])c([2H])c5[2H])nc(-c5ccc6c7c5c5ccccc5c5cccc(c57)n6-c5c([2H])c([2H])c([2H])c([2H])c5[2H])nc4c3c2)c([2H])c1[2H]. The summed E-state index contributed by atoms with van der Waals surface area (Å²) in [6.07, 6.45) is 0. The van der Waals surface area contributed by atoms with Gasteiger partial charge in [-0.25, -0.2) is 9.97 Å². The predicted molar refractivity (Wildman–Crippen MR) is 237 cm³/mol. The fourth-order valence-corrected chi connectivity index (χ4v) is 8.91. The molecule has 0 saturated heterocycles. The van der Waals surface area contributed by atoms with E-state index < -0.39 is 126 Å². The molecule has 0 bridgehead atoms. The van der Waals surface area contributed by atoms with Crippen LogP contribution in [0.25, 0.3) is 114 Å². The topological polar surface area (TPSA) is 30.7 Å². The second kappa shape index (κ2) is 12.2. The van der Waals surface area contributed by atoms with Gasteiger partial charge in [0.1, 0.15) is 0 Å². The van der Waals surface area contributed by atoms with Crippen LogP contribution in [-0.4, -0.2) is 14.5 Å². The Morgan fingerprint density at radius 3 is 1.86 bits per heavy atom. The third-order valence-electron chi connectivity index (χ3n) is 10.1. The van der Waals surface area contributed by atoms with Crippen molar-refractivity contribution in [2.75, 3.05) is 0 Å². The highest BCUT2D eigenvalue weighted by Crippen LogP contribution is 2.48. The fraction of sp³-hybridized carbons (Fsp3) is 0. The van der Waals surface area contributed by atoms with Crippen LogP contribution in [-0.2, 0) is 0 Å². The maximum atomic E-state index is 9.57. The lowest BCUT2D eigenvalue weighted by atomic mass is 9.91. The first kappa shape index (κ1) is 18.0. The van der Waals surface area contributed by atoms with Gasteiger partial charge >= 0.3 is 0 Å². The molecule has 0 amide bonds. The number of fused-ring (bicyclic) bond motifs is 6. The Kier molecular flexibility index (Phi) is 3.92. The Bertz CT molecular complexity index is 4490. The van der Waals surface area contributed by atoms with E-state index in [1.165, 1.54) is 0 Å². The lowest BCUT2D eigenvalue weighted by Gasteiger charge is -2.14. The molecular weight excluding hydrogens is 699 g/mol. The van der Waals surface area contributed by atoms with E-state index in [-0.39, 0.29) is 44.1 Å². The maximum Gasteiger partial charge on any atom is 0.161 e. The Morgan fingerprint density at radius 2 is 1.09 bits per heavy atom. The fourth-order valence-electron chi connectivity index (χ4n) is 7.79. The number of benzene rings is 9. The van der Waals surface area contributed by atoms with Gasteiger partial charge in [0.25, 0.3) is 0 Å². The van der Waals surface area contributed by atoms with Gasteiger partial charge < -0.3 is 4.57 Å². The number of nitrogens with zero attached hydrogens (tertiary/aromatic N) is 3. The van der Waals surface area contributed by atoms with Gasteiger partial charge in [0.05, 0.1) is 53.0 Å². The van der Waals surface area contributed by atoms with Crippen molar-refractivity contribution in [3.8, 4) is 50.6 Å². The normalized spacial score (nSPS) is 16.7. The van der Waals surface area contributed by atoms with Gasteiger partial charge in [0.2, 0.25) is 0 Å². The summed E-state index contributed by atoms with van der Waals surface area (Å²) < 4.78 is 169. The van der Waals surface area contributed by atoms with Crippen molar-refractivity contribution < 1.29 is 26.0 Å². The Balaban J connectivity index is 1.23. The van der Waals surface area contributed by atoms with Crippen LogP contribution in [0.3, 0.4) is 0 Å². The molecule has 0 N–H and O–H groups in total. The second-order valence-electron chi connectivity index (χ2n) is 13.1. The van der Waals surface area contributed by atoms with E-state index in [1.807, 2.05) is 36.4 Å². The number of rotatable bonds is 5. The summed E-state index contributed by atoms with van der Waals surface area (Å²) in [5.41, 5.74) is 0.361. The summed E-state index contributed by atoms with van der Waals surface area (Å²) in [6.45, 7) is 0. The molecule has 3 nitrogen and oxygen atoms in total. The van der Waals surface area contributed by atoms with Crippen LogP contribution in [0.4, 0.5) is 0 Å². The monoisotopic (exact) mass is 748 g/mol. The molecule has 0 aliphatic heterocycles. The van der Waals surface area contributed by atoms with E-state index in [1.54, 1.807) is 41.0 Å². The van der Waals surface area contributed by atoms with E-state index in [0.29, 0.717) is 48.2 Å². The lowest BCUT2D eigenvalue weighted by molar-refractivity contribution is 1.18. The maximum absolute atomic E-state index is 9.57. The summed E-state index contributed by atoms with van der Waals surface area (Å²) in [6, 6.07) is 10.2. The van der Waals surface area contributed by atoms with Crippen molar-refractivity contribution in [2.45, 2.75) is 0 Å². The minimum Gasteiger partial charge on any atom is -0.309 e. The standard InChI is InChI=1S/C52H31N3S/c1-4-13-32(14-5-1)34-23-25-35(26-24-34)49-51-50(42-31-36(27-30-45(42)56-51)33-15-6-2-7-16-33)54-52(53-49)41-28-29-44-48-46(41)39-20-11-10-19-38(39)40-21-12-22-43(47(40)48)55(44)37-17-8-3-9-18-37/h1-31H/i1D,2D,3D,4D,5D,6D,7D,8D,9D,13D,14D,15D,16D,17D,18D,23D,24D,25D,26D. The molecule has 9 aromatic carbocycles. The Labute approximate surface area is 353 Å². The molecule has 0 radical (unpaired) electrons. The van der Waals surface area contributed by atoms with E-state index in [9.17, 15) is 5.48 Å². The van der Waals surface area contributed by atoms with Crippen molar-refractivity contribution in [3.63, 3.8) is 0 Å². The van der Waals surface area contributed by atoms with Gasteiger partial charge in [0.15, 0.2) is 5.82 Å². The van der Waals surface area contributed by atoms with Crippen LogP contribution in [0.2, 0.25) is 0 Å². The number of para-hydroxylation sites is 1. The van der Waals surface area contributed by atoms with Crippen LogP contribution < -0.4 is 0 Å². The highest BCUT2D eigenvalue weighted by Gasteiger charge is 2.24. The second-order valence-corrected chi connectivity index (χ2v) is 14.1. The van der Waals surface area contributed by atoms with E-state index in [4.69, 9.17) is 30.5 Å². The van der Waals surface area contributed by atoms with Gasteiger partial charge in [0, 0.05) is 43.1 Å². The highest BCUT2D eigenvalue weighted by atomic mass is 32.1. The first-order chi connectivity index (χ1) is 35.7. The minimum absolute atomic E-state index is 0.0202. The van der Waals surface area contributed by atoms with Crippen LogP contribution >= 0.6 is 11.3 Å².